The minimum atomic E-state index is 0.0814. The van der Waals surface area contributed by atoms with Crippen molar-refractivity contribution in [1.82, 2.24) is 5.32 Å². The van der Waals surface area contributed by atoms with E-state index in [1.165, 1.54) is 83.5 Å². The second kappa shape index (κ2) is 17.6. The first-order chi connectivity index (χ1) is 13.7. The van der Waals surface area contributed by atoms with Crippen LogP contribution in [0.4, 0.5) is 0 Å². The van der Waals surface area contributed by atoms with Crippen LogP contribution in [0, 0.1) is 0 Å². The monoisotopic (exact) mass is 389 g/mol. The van der Waals surface area contributed by atoms with Gasteiger partial charge in [0, 0.05) is 18.5 Å². The molecule has 28 heavy (non-hydrogen) atoms. The molecule has 0 fully saturated rings. The van der Waals surface area contributed by atoms with Crippen LogP contribution in [0.25, 0.3) is 0 Å². The van der Waals surface area contributed by atoms with Crippen molar-refractivity contribution in [1.29, 1.82) is 0 Å². The second-order valence-electron chi connectivity index (χ2n) is 8.11. The Morgan fingerprint density at radius 2 is 1.21 bits per heavy atom. The number of aromatic hydroxyl groups is 1. The fourth-order valence-corrected chi connectivity index (χ4v) is 3.60. The van der Waals surface area contributed by atoms with Crippen molar-refractivity contribution in [3.05, 3.63) is 29.8 Å². The van der Waals surface area contributed by atoms with Gasteiger partial charge in [-0.2, -0.15) is 0 Å². The normalized spacial score (nSPS) is 10.9. The molecular weight excluding hydrogens is 346 g/mol. The smallest absolute Gasteiger partial charge is 0.220 e. The van der Waals surface area contributed by atoms with Crippen molar-refractivity contribution >= 4 is 5.91 Å². The zero-order valence-corrected chi connectivity index (χ0v) is 18.2. The molecule has 2 N–H and O–H groups in total. The van der Waals surface area contributed by atoms with Crippen LogP contribution in [0.2, 0.25) is 0 Å². The van der Waals surface area contributed by atoms with Crippen LogP contribution >= 0.6 is 0 Å². The zero-order valence-electron chi connectivity index (χ0n) is 18.2. The number of amides is 1. The average molecular weight is 390 g/mol. The third-order valence-electron chi connectivity index (χ3n) is 5.48. The topological polar surface area (TPSA) is 49.3 Å². The van der Waals surface area contributed by atoms with Crippen LogP contribution in [0.3, 0.4) is 0 Å². The van der Waals surface area contributed by atoms with Gasteiger partial charge in [0.15, 0.2) is 0 Å². The SMILES string of the molecule is CCCCCCCCCCCCCCCCCC(=O)NCc1ccccc1O. The lowest BCUT2D eigenvalue weighted by molar-refractivity contribution is -0.121. The van der Waals surface area contributed by atoms with Gasteiger partial charge in [-0.3, -0.25) is 4.79 Å². The lowest BCUT2D eigenvalue weighted by Gasteiger charge is -2.07. The number of nitrogens with one attached hydrogen (secondary N) is 1. The Kier molecular flexibility index (Phi) is 15.4. The maximum absolute atomic E-state index is 11.9. The maximum atomic E-state index is 11.9. The van der Waals surface area contributed by atoms with E-state index in [1.807, 2.05) is 12.1 Å². The molecule has 0 aliphatic rings. The Labute approximate surface area is 173 Å². The molecule has 1 rings (SSSR count). The van der Waals surface area contributed by atoms with Crippen molar-refractivity contribution in [2.45, 2.75) is 116 Å². The molecule has 1 aromatic rings. The number of unbranched alkanes of at least 4 members (excludes halogenated alkanes) is 14. The maximum Gasteiger partial charge on any atom is 0.220 e. The summed E-state index contributed by atoms with van der Waals surface area (Å²) in [4.78, 5) is 11.9. The molecule has 0 unspecified atom stereocenters. The minimum Gasteiger partial charge on any atom is -0.508 e. The first-order valence-electron chi connectivity index (χ1n) is 11.8. The largest absolute Gasteiger partial charge is 0.508 e. The van der Waals surface area contributed by atoms with Gasteiger partial charge in [-0.15, -0.1) is 0 Å². The number of rotatable bonds is 18. The molecule has 0 bridgehead atoms. The number of para-hydroxylation sites is 1. The van der Waals surface area contributed by atoms with Crippen molar-refractivity contribution in [2.75, 3.05) is 0 Å². The molecule has 0 saturated carbocycles. The molecule has 0 heterocycles. The summed E-state index contributed by atoms with van der Waals surface area (Å²) in [6.45, 7) is 2.68. The van der Waals surface area contributed by atoms with Gasteiger partial charge in [-0.1, -0.05) is 115 Å². The van der Waals surface area contributed by atoms with Gasteiger partial charge in [0.1, 0.15) is 5.75 Å². The molecule has 160 valence electrons. The lowest BCUT2D eigenvalue weighted by atomic mass is 10.0. The van der Waals surface area contributed by atoms with Gasteiger partial charge >= 0.3 is 0 Å². The van der Waals surface area contributed by atoms with E-state index in [0.717, 1.165) is 18.4 Å². The van der Waals surface area contributed by atoms with Gasteiger partial charge in [0.2, 0.25) is 5.91 Å². The van der Waals surface area contributed by atoms with Gasteiger partial charge < -0.3 is 10.4 Å². The predicted octanol–water partition coefficient (Wildman–Crippen LogP) is 7.27. The van der Waals surface area contributed by atoms with E-state index in [4.69, 9.17) is 0 Å². The summed E-state index contributed by atoms with van der Waals surface area (Å²) in [6.07, 6.45) is 20.6. The highest BCUT2D eigenvalue weighted by Crippen LogP contribution is 2.15. The summed E-state index contributed by atoms with van der Waals surface area (Å²) >= 11 is 0. The summed E-state index contributed by atoms with van der Waals surface area (Å²) < 4.78 is 0. The van der Waals surface area contributed by atoms with E-state index < -0.39 is 0 Å². The summed E-state index contributed by atoms with van der Waals surface area (Å²) in [5, 5.41) is 12.6. The molecule has 1 aromatic carbocycles. The second-order valence-corrected chi connectivity index (χ2v) is 8.11. The highest BCUT2D eigenvalue weighted by molar-refractivity contribution is 5.75. The molecule has 0 aliphatic heterocycles. The number of hydrogen-bond donors (Lipinski definition) is 2. The Morgan fingerprint density at radius 3 is 1.71 bits per heavy atom. The molecule has 0 radical (unpaired) electrons. The number of hydrogen-bond acceptors (Lipinski definition) is 2. The van der Waals surface area contributed by atoms with E-state index in [2.05, 4.69) is 12.2 Å². The molecular formula is C25H43NO2. The van der Waals surface area contributed by atoms with Crippen LogP contribution < -0.4 is 5.32 Å². The number of carbonyl (C=O) groups excluding carboxylic acids is 1. The van der Waals surface area contributed by atoms with E-state index in [0.29, 0.717) is 13.0 Å². The Morgan fingerprint density at radius 1 is 0.750 bits per heavy atom. The van der Waals surface area contributed by atoms with Crippen molar-refractivity contribution in [3.8, 4) is 5.75 Å². The van der Waals surface area contributed by atoms with Crippen molar-refractivity contribution in [2.24, 2.45) is 0 Å². The molecule has 1 amide bonds. The quantitative estimate of drug-likeness (QED) is 0.259. The van der Waals surface area contributed by atoms with Gasteiger partial charge in [0.05, 0.1) is 0 Å². The molecule has 0 aromatic heterocycles. The van der Waals surface area contributed by atoms with E-state index >= 15 is 0 Å². The van der Waals surface area contributed by atoms with Gasteiger partial charge in [-0.05, 0) is 12.5 Å². The number of carbonyl (C=O) groups is 1. The fourth-order valence-electron chi connectivity index (χ4n) is 3.60. The van der Waals surface area contributed by atoms with E-state index in [1.54, 1.807) is 12.1 Å². The van der Waals surface area contributed by atoms with Crippen molar-refractivity contribution in [3.63, 3.8) is 0 Å². The molecule has 0 aliphatic carbocycles. The highest BCUT2D eigenvalue weighted by atomic mass is 16.3. The van der Waals surface area contributed by atoms with E-state index in [-0.39, 0.29) is 11.7 Å². The Hall–Kier alpha value is -1.51. The van der Waals surface area contributed by atoms with Crippen LogP contribution in [0.15, 0.2) is 24.3 Å². The summed E-state index contributed by atoms with van der Waals surface area (Å²) in [6, 6.07) is 7.14. The first kappa shape index (κ1) is 24.5. The third kappa shape index (κ3) is 13.6. The molecule has 3 heteroatoms. The Balaban J connectivity index is 1.81. The molecule has 0 atom stereocenters. The lowest BCUT2D eigenvalue weighted by Crippen LogP contribution is -2.22. The molecule has 3 nitrogen and oxygen atoms in total. The van der Waals surface area contributed by atoms with Crippen molar-refractivity contribution < 1.29 is 9.90 Å². The third-order valence-corrected chi connectivity index (χ3v) is 5.48. The van der Waals surface area contributed by atoms with Crippen LogP contribution in [-0.2, 0) is 11.3 Å². The number of phenols is 1. The molecule has 0 saturated heterocycles. The first-order valence-corrected chi connectivity index (χ1v) is 11.8. The van der Waals surface area contributed by atoms with E-state index in [9.17, 15) is 9.90 Å². The molecule has 0 spiro atoms. The standard InChI is InChI=1S/C25H43NO2/c1-2-3-4-5-6-7-8-9-10-11-12-13-14-15-16-21-25(28)26-22-23-19-17-18-20-24(23)27/h17-20,27H,2-16,21-22H2,1H3,(H,26,28). The number of phenolic OH excluding ortho intramolecular Hbond substituents is 1. The minimum absolute atomic E-state index is 0.0814. The average Bonchev–Trinajstić information content (AvgIpc) is 2.70. The summed E-state index contributed by atoms with van der Waals surface area (Å²) in [7, 11) is 0. The fraction of sp³-hybridized carbons (Fsp3) is 0.720. The van der Waals surface area contributed by atoms with Crippen LogP contribution in [0.5, 0.6) is 5.75 Å². The summed E-state index contributed by atoms with van der Waals surface area (Å²) in [5.41, 5.74) is 0.771. The summed E-state index contributed by atoms with van der Waals surface area (Å²) in [5.74, 6) is 0.327. The van der Waals surface area contributed by atoms with Crippen LogP contribution in [-0.4, -0.2) is 11.0 Å². The van der Waals surface area contributed by atoms with Gasteiger partial charge in [0.25, 0.3) is 0 Å². The van der Waals surface area contributed by atoms with Crippen LogP contribution in [0.1, 0.15) is 115 Å². The van der Waals surface area contributed by atoms with Gasteiger partial charge in [-0.25, -0.2) is 0 Å². The predicted molar refractivity (Wildman–Crippen MR) is 119 cm³/mol. The zero-order chi connectivity index (χ0) is 20.3. The number of benzene rings is 1. The highest BCUT2D eigenvalue weighted by Gasteiger charge is 2.04. The Bertz CT molecular complexity index is 501.